The van der Waals surface area contributed by atoms with Crippen molar-refractivity contribution in [3.63, 3.8) is 0 Å². The molecule has 56 valence electrons. The van der Waals surface area contributed by atoms with Crippen molar-refractivity contribution in [3.8, 4) is 0 Å². The minimum Gasteiger partial charge on any atom is -1.00 e. The van der Waals surface area contributed by atoms with Gasteiger partial charge in [-0.3, -0.25) is 0 Å². The predicted octanol–water partition coefficient (Wildman–Crippen LogP) is -5.49. The summed E-state index contributed by atoms with van der Waals surface area (Å²) in [6.07, 6.45) is 0. The molecule has 0 amide bonds. The van der Waals surface area contributed by atoms with Gasteiger partial charge in [0.1, 0.15) is 0 Å². The Balaban J connectivity index is -0.000000180. The summed E-state index contributed by atoms with van der Waals surface area (Å²) < 4.78 is 7.26. The van der Waals surface area contributed by atoms with Gasteiger partial charge in [0.05, 0.1) is 0 Å². The van der Waals surface area contributed by atoms with Gasteiger partial charge < -0.3 is 24.8 Å². The molecular weight excluding hydrogens is 197 g/mol. The Kier molecular flexibility index (Phi) is 22.1. The van der Waals surface area contributed by atoms with E-state index in [2.05, 4.69) is 3.38 Å². The summed E-state index contributed by atoms with van der Waals surface area (Å²) in [5.41, 5.74) is 0. The topological polar surface area (TPSA) is 12.5 Å². The summed E-state index contributed by atoms with van der Waals surface area (Å²) in [6, 6.07) is 0. The second-order valence-corrected chi connectivity index (χ2v) is 3.55. The van der Waals surface area contributed by atoms with Crippen molar-refractivity contribution >= 4 is 0 Å². The summed E-state index contributed by atoms with van der Waals surface area (Å²) in [5.74, 6) is 0. The van der Waals surface area contributed by atoms with Crippen molar-refractivity contribution in [2.24, 2.45) is 0 Å². The molecule has 0 spiro atoms. The first kappa shape index (κ1) is 16.7. The first-order chi connectivity index (χ1) is 3.27. The van der Waals surface area contributed by atoms with Crippen molar-refractivity contribution in [1.29, 1.82) is 0 Å². The minimum absolute atomic E-state index is 0. The maximum atomic E-state index is 5.15. The Morgan fingerprint density at radius 2 is 1.78 bits per heavy atom. The molecule has 0 aromatic carbocycles. The zero-order valence-corrected chi connectivity index (χ0v) is 8.89. The summed E-state index contributed by atoms with van der Waals surface area (Å²) in [4.78, 5) is 0. The van der Waals surface area contributed by atoms with Crippen molar-refractivity contribution in [2.45, 2.75) is 6.92 Å². The molecule has 0 saturated carbocycles. The summed E-state index contributed by atoms with van der Waals surface area (Å²) in [7, 11) is 4.07. The second kappa shape index (κ2) is 11.9. The third-order valence-electron chi connectivity index (χ3n) is 0.391. The van der Waals surface area contributed by atoms with Crippen LogP contribution in [-0.2, 0) is 23.1 Å². The van der Waals surface area contributed by atoms with Gasteiger partial charge in [-0.05, 0) is 0 Å². The van der Waals surface area contributed by atoms with E-state index in [1.807, 2.05) is 21.0 Å². The smallest absolute Gasteiger partial charge is 1.00 e. The Morgan fingerprint density at radius 1 is 1.33 bits per heavy atom. The van der Waals surface area contributed by atoms with E-state index < -0.39 is 0 Å². The molecule has 2 nitrogen and oxygen atoms in total. The zero-order chi connectivity index (χ0) is 5.70. The van der Waals surface area contributed by atoms with Gasteiger partial charge in [0.25, 0.3) is 0 Å². The van der Waals surface area contributed by atoms with Crippen LogP contribution in [0.15, 0.2) is 0 Å². The van der Waals surface area contributed by atoms with Gasteiger partial charge in [-0.25, -0.2) is 0 Å². The summed E-state index contributed by atoms with van der Waals surface area (Å²) >= 11 is -0.215. The molecule has 0 radical (unpaired) electrons. The van der Waals surface area contributed by atoms with E-state index in [9.17, 15) is 0 Å². The van der Waals surface area contributed by atoms with E-state index in [-0.39, 0.29) is 44.6 Å². The van der Waals surface area contributed by atoms with Crippen molar-refractivity contribution in [1.82, 2.24) is 3.38 Å². The monoisotopic (exact) mass is 207 g/mol. The van der Waals surface area contributed by atoms with Crippen LogP contribution in [0.3, 0.4) is 0 Å². The fourth-order valence-corrected chi connectivity index (χ4v) is 0.798. The van der Waals surface area contributed by atoms with Crippen LogP contribution < -0.4 is 24.8 Å². The molecule has 0 aliphatic rings. The third-order valence-corrected chi connectivity index (χ3v) is 1.61. The fraction of sp³-hybridized carbons (Fsp3) is 1.00. The Bertz CT molecular complexity index is 47.5. The van der Waals surface area contributed by atoms with Crippen molar-refractivity contribution in [2.75, 3.05) is 20.7 Å². The molecule has 0 aliphatic carbocycles. The molecule has 0 fully saturated rings. The first-order valence-corrected chi connectivity index (χ1v) is 3.65. The van der Waals surface area contributed by atoms with Gasteiger partial charge in [0.2, 0.25) is 0 Å². The summed E-state index contributed by atoms with van der Waals surface area (Å²) in [5, 5.41) is 0. The van der Waals surface area contributed by atoms with E-state index in [4.69, 9.17) is 3.32 Å². The number of halogens is 2. The molecule has 0 unspecified atom stereocenters. The number of hydrogen-bond donors (Lipinski definition) is 0. The van der Waals surface area contributed by atoms with Crippen LogP contribution in [0.25, 0.3) is 0 Å². The Hall–Kier alpha value is 1.21. The summed E-state index contributed by atoms with van der Waals surface area (Å²) in [6.45, 7) is 2.88. The van der Waals surface area contributed by atoms with E-state index in [1.54, 1.807) is 0 Å². The van der Waals surface area contributed by atoms with E-state index in [0.717, 1.165) is 6.61 Å². The van der Waals surface area contributed by atoms with Gasteiger partial charge in [-0.1, -0.05) is 0 Å². The van der Waals surface area contributed by atoms with Crippen molar-refractivity contribution < 1.29 is 47.9 Å². The van der Waals surface area contributed by atoms with Crippen LogP contribution in [0.2, 0.25) is 0 Å². The first-order valence-electron chi connectivity index (χ1n) is 2.32. The standard InChI is InChI=1S/C2H6N.C2H5O.2ClH.Ti/c1-3-2;1-2-3;;;/h1-2H3;2H2,1H3;2*1H;/q2*-1;;;+4/p-2. The molecule has 0 aliphatic heterocycles. The molecule has 0 rings (SSSR count). The SMILES string of the molecule is CC[O][Ti+2][N](C)C.[Cl-].[Cl-]. The molecule has 0 heterocycles. The molecular formula is C4H11Cl2NOTi. The van der Waals surface area contributed by atoms with Crippen LogP contribution in [0.1, 0.15) is 6.92 Å². The fourth-order valence-electron chi connectivity index (χ4n) is 0.194. The predicted molar refractivity (Wildman–Crippen MR) is 25.3 cm³/mol. The van der Waals surface area contributed by atoms with Gasteiger partial charge in [-0.2, -0.15) is 0 Å². The molecule has 0 N–H and O–H groups in total. The van der Waals surface area contributed by atoms with Gasteiger partial charge in [0, 0.05) is 0 Å². The number of hydrogen-bond acceptors (Lipinski definition) is 2. The van der Waals surface area contributed by atoms with Crippen LogP contribution in [0.4, 0.5) is 0 Å². The van der Waals surface area contributed by atoms with Gasteiger partial charge in [-0.15, -0.1) is 0 Å². The molecule has 0 saturated heterocycles. The van der Waals surface area contributed by atoms with Crippen molar-refractivity contribution in [3.05, 3.63) is 0 Å². The van der Waals surface area contributed by atoms with E-state index in [0.29, 0.717) is 0 Å². The Morgan fingerprint density at radius 3 is 1.89 bits per heavy atom. The minimum atomic E-state index is -0.215. The third kappa shape index (κ3) is 17.6. The maximum Gasteiger partial charge on any atom is -1.00 e. The molecule has 0 atom stereocenters. The average molecular weight is 208 g/mol. The molecule has 0 aromatic rings. The normalized spacial score (nSPS) is 7.11. The number of nitrogens with zero attached hydrogens (tertiary/aromatic N) is 1. The van der Waals surface area contributed by atoms with Crippen LogP contribution in [0, 0.1) is 0 Å². The quantitative estimate of drug-likeness (QED) is 0.429. The van der Waals surface area contributed by atoms with Crippen LogP contribution in [0.5, 0.6) is 0 Å². The number of rotatable bonds is 3. The van der Waals surface area contributed by atoms with Gasteiger partial charge >= 0.3 is 54.1 Å². The molecule has 9 heavy (non-hydrogen) atoms. The van der Waals surface area contributed by atoms with E-state index in [1.165, 1.54) is 0 Å². The largest absolute Gasteiger partial charge is 1.00 e. The molecule has 0 aromatic heterocycles. The molecule has 0 bridgehead atoms. The van der Waals surface area contributed by atoms with Crippen LogP contribution in [-0.4, -0.2) is 24.1 Å². The second-order valence-electron chi connectivity index (χ2n) is 1.42. The maximum absolute atomic E-state index is 5.15. The van der Waals surface area contributed by atoms with Gasteiger partial charge in [0.15, 0.2) is 0 Å². The Labute approximate surface area is 78.9 Å². The van der Waals surface area contributed by atoms with E-state index >= 15 is 0 Å². The van der Waals surface area contributed by atoms with Crippen LogP contribution >= 0.6 is 0 Å². The average Bonchev–Trinajstić information content (AvgIpc) is 1.61. The zero-order valence-electron chi connectivity index (χ0n) is 5.82. The molecule has 5 heteroatoms.